The number of hydrogen-bond donors (Lipinski definition) is 2. The molecule has 9 heteroatoms. The van der Waals surface area contributed by atoms with E-state index in [0.29, 0.717) is 11.5 Å². The minimum Gasteiger partial charge on any atom is -0.405 e. The topological polar surface area (TPSA) is 45.7 Å². The Morgan fingerprint density at radius 3 is 2.55 bits per heavy atom. The summed E-state index contributed by atoms with van der Waals surface area (Å²) in [5.41, 5.74) is 0.405. The van der Waals surface area contributed by atoms with Crippen molar-refractivity contribution in [2.45, 2.75) is 12.9 Å². The summed E-state index contributed by atoms with van der Waals surface area (Å²) >= 11 is 1.69. The molecule has 0 unspecified atom stereocenters. The molecule has 4 nitrogen and oxygen atoms in total. The minimum absolute atomic E-state index is 0. The molecule has 126 valence electrons. The minimum atomic E-state index is -4.70. The molecule has 0 atom stereocenters. The molecule has 0 aliphatic carbocycles. The van der Waals surface area contributed by atoms with Gasteiger partial charge in [-0.3, -0.25) is 4.99 Å². The SMILES string of the molecule is CN=C(NCCSC)NCc1ccccc1OC(F)(F)F.I. The molecule has 0 aliphatic heterocycles. The van der Waals surface area contributed by atoms with Gasteiger partial charge in [0.2, 0.25) is 0 Å². The largest absolute Gasteiger partial charge is 0.573 e. The molecule has 0 aromatic heterocycles. The number of para-hydroxylation sites is 1. The lowest BCUT2D eigenvalue weighted by Crippen LogP contribution is -2.38. The Hall–Kier alpha value is -0.840. The van der Waals surface area contributed by atoms with Gasteiger partial charge < -0.3 is 15.4 Å². The first kappa shape index (κ1) is 21.2. The van der Waals surface area contributed by atoms with Crippen molar-refractivity contribution in [1.82, 2.24) is 10.6 Å². The predicted octanol–water partition coefficient (Wildman–Crippen LogP) is 3.23. The number of thioether (sulfide) groups is 1. The fourth-order valence-corrected chi connectivity index (χ4v) is 1.85. The van der Waals surface area contributed by atoms with Crippen LogP contribution < -0.4 is 15.4 Å². The molecule has 0 heterocycles. The van der Waals surface area contributed by atoms with Crippen LogP contribution in [0.4, 0.5) is 13.2 Å². The molecule has 1 rings (SSSR count). The second-order valence-electron chi connectivity index (χ2n) is 4.00. The Labute approximate surface area is 149 Å². The molecule has 0 radical (unpaired) electrons. The van der Waals surface area contributed by atoms with E-state index in [-0.39, 0.29) is 36.3 Å². The number of nitrogens with zero attached hydrogens (tertiary/aromatic N) is 1. The Balaban J connectivity index is 0.00000441. The fraction of sp³-hybridized carbons (Fsp3) is 0.462. The molecule has 0 bridgehead atoms. The van der Waals surface area contributed by atoms with Gasteiger partial charge in [0.1, 0.15) is 5.75 Å². The van der Waals surface area contributed by atoms with Crippen LogP contribution in [0.5, 0.6) is 5.75 Å². The van der Waals surface area contributed by atoms with Crippen LogP contribution in [0.3, 0.4) is 0 Å². The zero-order valence-electron chi connectivity index (χ0n) is 12.2. The van der Waals surface area contributed by atoms with E-state index in [1.807, 2.05) is 6.26 Å². The molecule has 1 aromatic rings. The van der Waals surface area contributed by atoms with Crippen LogP contribution in [0.15, 0.2) is 29.3 Å². The molecule has 2 N–H and O–H groups in total. The highest BCUT2D eigenvalue weighted by atomic mass is 127. The molecule has 0 amide bonds. The van der Waals surface area contributed by atoms with E-state index in [0.717, 1.165) is 12.3 Å². The number of aliphatic imine (C=N–C) groups is 1. The predicted molar refractivity (Wildman–Crippen MR) is 95.1 cm³/mol. The number of ether oxygens (including phenoxy) is 1. The van der Waals surface area contributed by atoms with Crippen LogP contribution in [0, 0.1) is 0 Å². The lowest BCUT2D eigenvalue weighted by Gasteiger charge is -2.15. The van der Waals surface area contributed by atoms with Crippen molar-refractivity contribution in [3.63, 3.8) is 0 Å². The maximum absolute atomic E-state index is 12.3. The Bertz CT molecular complexity index is 472. The van der Waals surface area contributed by atoms with Gasteiger partial charge in [-0.15, -0.1) is 37.1 Å². The summed E-state index contributed by atoms with van der Waals surface area (Å²) in [6.07, 6.45) is -2.71. The van der Waals surface area contributed by atoms with Gasteiger partial charge in [0, 0.05) is 31.5 Å². The van der Waals surface area contributed by atoms with Gasteiger partial charge in [-0.1, -0.05) is 18.2 Å². The third-order valence-corrected chi connectivity index (χ3v) is 3.08. The van der Waals surface area contributed by atoms with Crippen LogP contribution in [0.2, 0.25) is 0 Å². The lowest BCUT2D eigenvalue weighted by atomic mass is 10.2. The molecule has 0 fully saturated rings. The highest BCUT2D eigenvalue weighted by molar-refractivity contribution is 14.0. The summed E-state index contributed by atoms with van der Waals surface area (Å²) < 4.78 is 40.9. The number of alkyl halides is 3. The van der Waals surface area contributed by atoms with Gasteiger partial charge in [-0.25, -0.2) is 0 Å². The van der Waals surface area contributed by atoms with Gasteiger partial charge in [0.05, 0.1) is 0 Å². The molecule has 1 aromatic carbocycles. The molecule has 0 spiro atoms. The van der Waals surface area contributed by atoms with E-state index >= 15 is 0 Å². The van der Waals surface area contributed by atoms with Crippen molar-refractivity contribution in [1.29, 1.82) is 0 Å². The summed E-state index contributed by atoms with van der Waals surface area (Å²) in [6.45, 7) is 0.909. The van der Waals surface area contributed by atoms with E-state index in [9.17, 15) is 13.2 Å². The van der Waals surface area contributed by atoms with E-state index in [2.05, 4.69) is 20.4 Å². The van der Waals surface area contributed by atoms with Crippen molar-refractivity contribution in [2.24, 2.45) is 4.99 Å². The standard InChI is InChI=1S/C13H18F3N3OS.HI/c1-17-12(18-7-8-21-2)19-9-10-5-3-4-6-11(10)20-13(14,15)16;/h3-6H,7-9H2,1-2H3,(H2,17,18,19);1H. The first-order chi connectivity index (χ1) is 9.96. The van der Waals surface area contributed by atoms with E-state index < -0.39 is 6.36 Å². The van der Waals surface area contributed by atoms with Gasteiger partial charge in [0.25, 0.3) is 0 Å². The number of guanidine groups is 1. The molecular weight excluding hydrogens is 430 g/mol. The lowest BCUT2D eigenvalue weighted by molar-refractivity contribution is -0.274. The van der Waals surface area contributed by atoms with Crippen molar-refractivity contribution in [3.8, 4) is 5.75 Å². The quantitative estimate of drug-likeness (QED) is 0.303. The Kier molecular flexibility index (Phi) is 10.4. The zero-order chi connectivity index (χ0) is 15.7. The average molecular weight is 449 g/mol. The molecule has 0 saturated heterocycles. The van der Waals surface area contributed by atoms with Gasteiger partial charge >= 0.3 is 6.36 Å². The van der Waals surface area contributed by atoms with E-state index in [4.69, 9.17) is 0 Å². The van der Waals surface area contributed by atoms with Crippen LogP contribution in [0.1, 0.15) is 5.56 Å². The van der Waals surface area contributed by atoms with Crippen LogP contribution in [-0.2, 0) is 6.54 Å². The summed E-state index contributed by atoms with van der Waals surface area (Å²) in [5, 5.41) is 6.02. The van der Waals surface area contributed by atoms with Crippen LogP contribution in [0.25, 0.3) is 0 Å². The van der Waals surface area contributed by atoms with E-state index in [1.54, 1.807) is 30.9 Å². The second kappa shape index (κ2) is 10.8. The number of nitrogens with one attached hydrogen (secondary N) is 2. The molecule has 0 saturated carbocycles. The monoisotopic (exact) mass is 449 g/mol. The van der Waals surface area contributed by atoms with Gasteiger partial charge in [0.15, 0.2) is 5.96 Å². The second-order valence-corrected chi connectivity index (χ2v) is 4.99. The van der Waals surface area contributed by atoms with Crippen LogP contribution >= 0.6 is 35.7 Å². The Morgan fingerprint density at radius 1 is 1.27 bits per heavy atom. The third-order valence-electron chi connectivity index (χ3n) is 2.47. The zero-order valence-corrected chi connectivity index (χ0v) is 15.4. The number of rotatable bonds is 6. The van der Waals surface area contributed by atoms with E-state index in [1.165, 1.54) is 12.1 Å². The summed E-state index contributed by atoms with van der Waals surface area (Å²) in [7, 11) is 1.60. The highest BCUT2D eigenvalue weighted by Gasteiger charge is 2.31. The van der Waals surface area contributed by atoms with Crippen molar-refractivity contribution >= 4 is 41.7 Å². The number of hydrogen-bond acceptors (Lipinski definition) is 3. The van der Waals surface area contributed by atoms with Crippen molar-refractivity contribution in [3.05, 3.63) is 29.8 Å². The summed E-state index contributed by atoms with van der Waals surface area (Å²) in [6, 6.07) is 6.01. The average Bonchev–Trinajstić information content (AvgIpc) is 2.42. The molecular formula is C13H19F3IN3OS. The fourth-order valence-electron chi connectivity index (χ4n) is 1.55. The number of halogens is 4. The smallest absolute Gasteiger partial charge is 0.405 e. The Morgan fingerprint density at radius 2 is 1.95 bits per heavy atom. The van der Waals surface area contributed by atoms with Gasteiger partial charge in [-0.05, 0) is 12.3 Å². The molecule has 0 aliphatic rings. The maximum Gasteiger partial charge on any atom is 0.573 e. The first-order valence-corrected chi connectivity index (χ1v) is 7.62. The van der Waals surface area contributed by atoms with Gasteiger partial charge in [-0.2, -0.15) is 11.8 Å². The summed E-state index contributed by atoms with van der Waals surface area (Å²) in [5.74, 6) is 1.23. The van der Waals surface area contributed by atoms with Crippen LogP contribution in [-0.4, -0.2) is 37.9 Å². The normalized spacial score (nSPS) is 11.6. The highest BCUT2D eigenvalue weighted by Crippen LogP contribution is 2.25. The molecule has 22 heavy (non-hydrogen) atoms. The maximum atomic E-state index is 12.3. The first-order valence-electron chi connectivity index (χ1n) is 6.23. The summed E-state index contributed by atoms with van der Waals surface area (Å²) in [4.78, 5) is 4.00. The number of benzene rings is 1. The van der Waals surface area contributed by atoms with Crippen molar-refractivity contribution < 1.29 is 17.9 Å². The van der Waals surface area contributed by atoms with Crippen molar-refractivity contribution in [2.75, 3.05) is 25.6 Å². The third kappa shape index (κ3) is 8.57.